The van der Waals surface area contributed by atoms with Gasteiger partial charge in [0.25, 0.3) is 5.91 Å². The van der Waals surface area contributed by atoms with E-state index in [0.29, 0.717) is 10.6 Å². The summed E-state index contributed by atoms with van der Waals surface area (Å²) in [6, 6.07) is 0. The van der Waals surface area contributed by atoms with E-state index in [2.05, 4.69) is 14.7 Å². The monoisotopic (exact) mass is 271 g/mol. The van der Waals surface area contributed by atoms with E-state index in [9.17, 15) is 4.79 Å². The van der Waals surface area contributed by atoms with Gasteiger partial charge in [-0.2, -0.15) is 0 Å². The highest BCUT2D eigenvalue weighted by Crippen LogP contribution is 2.26. The fraction of sp³-hybridized carbons (Fsp3) is 0.600. The van der Waals surface area contributed by atoms with E-state index in [1.165, 1.54) is 4.90 Å². The third kappa shape index (κ3) is 3.16. The van der Waals surface area contributed by atoms with Crippen LogP contribution in [0.25, 0.3) is 0 Å². The van der Waals surface area contributed by atoms with E-state index in [1.807, 2.05) is 20.8 Å². The summed E-state index contributed by atoms with van der Waals surface area (Å²) in [4.78, 5) is 14.0. The third-order valence-corrected chi connectivity index (χ3v) is 2.98. The molecule has 7 nitrogen and oxygen atoms in total. The van der Waals surface area contributed by atoms with Crippen LogP contribution in [-0.2, 0) is 5.41 Å². The SMILES string of the molecule is CN(CC(N)=NO)C(=O)c1snnc1C(C)(C)C. The van der Waals surface area contributed by atoms with E-state index in [-0.39, 0.29) is 23.7 Å². The van der Waals surface area contributed by atoms with Gasteiger partial charge < -0.3 is 15.8 Å². The number of amides is 1. The minimum absolute atomic E-state index is 0.0272. The van der Waals surface area contributed by atoms with Gasteiger partial charge in [0, 0.05) is 12.5 Å². The number of nitrogens with zero attached hydrogens (tertiary/aromatic N) is 4. The Morgan fingerprint density at radius 3 is 2.67 bits per heavy atom. The van der Waals surface area contributed by atoms with Crippen molar-refractivity contribution in [2.24, 2.45) is 10.9 Å². The maximum atomic E-state index is 12.2. The van der Waals surface area contributed by atoms with Crippen molar-refractivity contribution in [3.63, 3.8) is 0 Å². The van der Waals surface area contributed by atoms with Gasteiger partial charge in [-0.25, -0.2) is 0 Å². The van der Waals surface area contributed by atoms with Crippen LogP contribution in [0.1, 0.15) is 36.1 Å². The molecule has 0 aromatic carbocycles. The second-order valence-corrected chi connectivity index (χ2v) is 5.71. The molecule has 0 bridgehead atoms. The summed E-state index contributed by atoms with van der Waals surface area (Å²) < 4.78 is 3.82. The van der Waals surface area contributed by atoms with Crippen molar-refractivity contribution in [1.82, 2.24) is 14.5 Å². The van der Waals surface area contributed by atoms with E-state index >= 15 is 0 Å². The zero-order valence-electron chi connectivity index (χ0n) is 10.8. The van der Waals surface area contributed by atoms with Crippen LogP contribution in [0, 0.1) is 0 Å². The van der Waals surface area contributed by atoms with Gasteiger partial charge in [-0.3, -0.25) is 4.79 Å². The van der Waals surface area contributed by atoms with Gasteiger partial charge in [-0.05, 0) is 11.5 Å². The van der Waals surface area contributed by atoms with Gasteiger partial charge in [-0.15, -0.1) is 5.10 Å². The first-order valence-corrected chi connectivity index (χ1v) is 6.09. The fourth-order valence-electron chi connectivity index (χ4n) is 1.34. The molecule has 0 radical (unpaired) electrons. The Balaban J connectivity index is 2.95. The molecule has 0 aliphatic carbocycles. The van der Waals surface area contributed by atoms with Crippen molar-refractivity contribution >= 4 is 23.3 Å². The van der Waals surface area contributed by atoms with Crippen LogP contribution in [0.2, 0.25) is 0 Å². The molecule has 1 amide bonds. The highest BCUT2D eigenvalue weighted by Gasteiger charge is 2.28. The maximum absolute atomic E-state index is 12.2. The van der Waals surface area contributed by atoms with Crippen molar-refractivity contribution in [3.8, 4) is 0 Å². The molecular weight excluding hydrogens is 254 g/mol. The lowest BCUT2D eigenvalue weighted by Gasteiger charge is -2.19. The number of carbonyl (C=O) groups excluding carboxylic acids is 1. The molecule has 1 aromatic heterocycles. The van der Waals surface area contributed by atoms with Gasteiger partial charge in [0.05, 0.1) is 12.2 Å². The number of amidine groups is 1. The van der Waals surface area contributed by atoms with Gasteiger partial charge >= 0.3 is 0 Å². The fourth-order valence-corrected chi connectivity index (χ4v) is 2.21. The molecule has 0 fully saturated rings. The molecule has 8 heteroatoms. The third-order valence-electron chi connectivity index (χ3n) is 2.27. The van der Waals surface area contributed by atoms with Crippen LogP contribution in [0.4, 0.5) is 0 Å². The molecule has 1 aromatic rings. The Kier molecular flexibility index (Phi) is 4.23. The molecule has 100 valence electrons. The molecule has 18 heavy (non-hydrogen) atoms. The molecular formula is C10H17N5O2S. The maximum Gasteiger partial charge on any atom is 0.267 e. The van der Waals surface area contributed by atoms with E-state index in [0.717, 1.165) is 11.5 Å². The highest BCUT2D eigenvalue weighted by molar-refractivity contribution is 7.08. The normalized spacial score (nSPS) is 12.6. The summed E-state index contributed by atoms with van der Waals surface area (Å²) in [6.07, 6.45) is 0. The number of aromatic nitrogens is 2. The number of hydrogen-bond donors (Lipinski definition) is 2. The Morgan fingerprint density at radius 1 is 1.56 bits per heavy atom. The van der Waals surface area contributed by atoms with Gasteiger partial charge in [-0.1, -0.05) is 30.4 Å². The van der Waals surface area contributed by atoms with Crippen LogP contribution >= 0.6 is 11.5 Å². The van der Waals surface area contributed by atoms with Gasteiger partial charge in [0.1, 0.15) is 4.88 Å². The summed E-state index contributed by atoms with van der Waals surface area (Å²) in [5, 5.41) is 15.3. The second-order valence-electron chi connectivity index (χ2n) is 4.95. The summed E-state index contributed by atoms with van der Waals surface area (Å²) in [5.74, 6) is -0.262. The summed E-state index contributed by atoms with van der Waals surface area (Å²) >= 11 is 1.05. The first kappa shape index (κ1) is 14.4. The largest absolute Gasteiger partial charge is 0.409 e. The average molecular weight is 271 g/mol. The molecule has 3 N–H and O–H groups in total. The van der Waals surface area contributed by atoms with Crippen molar-refractivity contribution in [3.05, 3.63) is 10.6 Å². The topological polar surface area (TPSA) is 105 Å². The number of nitrogens with two attached hydrogens (primary N) is 1. The molecule has 0 aliphatic heterocycles. The number of carbonyl (C=O) groups is 1. The van der Waals surface area contributed by atoms with Crippen LogP contribution in [-0.4, -0.2) is 45.0 Å². The molecule has 0 saturated heterocycles. The Hall–Kier alpha value is -1.70. The quantitative estimate of drug-likeness (QED) is 0.363. The molecule has 1 heterocycles. The van der Waals surface area contributed by atoms with Crippen molar-refractivity contribution < 1.29 is 10.0 Å². The number of likely N-dealkylation sites (N-methyl/N-ethyl adjacent to an activating group) is 1. The predicted molar refractivity (Wildman–Crippen MR) is 69.0 cm³/mol. The summed E-state index contributed by atoms with van der Waals surface area (Å²) in [7, 11) is 1.58. The van der Waals surface area contributed by atoms with Crippen molar-refractivity contribution in [2.45, 2.75) is 26.2 Å². The Labute approximate surface area is 109 Å². The van der Waals surface area contributed by atoms with Gasteiger partial charge in [0.15, 0.2) is 5.84 Å². The zero-order valence-corrected chi connectivity index (χ0v) is 11.7. The second kappa shape index (κ2) is 5.30. The van der Waals surface area contributed by atoms with E-state index in [4.69, 9.17) is 10.9 Å². The minimum Gasteiger partial charge on any atom is -0.409 e. The summed E-state index contributed by atoms with van der Waals surface area (Å²) in [6.45, 7) is 5.94. The van der Waals surface area contributed by atoms with Crippen LogP contribution in [0.15, 0.2) is 5.16 Å². The van der Waals surface area contributed by atoms with E-state index in [1.54, 1.807) is 7.05 Å². The van der Waals surface area contributed by atoms with Crippen LogP contribution in [0.3, 0.4) is 0 Å². The zero-order chi connectivity index (χ0) is 13.9. The molecule has 1 rings (SSSR count). The molecule has 0 spiro atoms. The Bertz CT molecular complexity index is 463. The minimum atomic E-state index is -0.255. The van der Waals surface area contributed by atoms with Crippen molar-refractivity contribution in [1.29, 1.82) is 0 Å². The Morgan fingerprint density at radius 2 is 2.17 bits per heavy atom. The number of rotatable bonds is 3. The molecule has 0 saturated carbocycles. The number of hydrogen-bond acceptors (Lipinski definition) is 6. The molecule has 0 aliphatic rings. The number of oxime groups is 1. The van der Waals surface area contributed by atoms with Crippen molar-refractivity contribution in [2.75, 3.05) is 13.6 Å². The standard InChI is InChI=1S/C10H17N5O2S/c1-10(2,3)8-7(18-14-12-8)9(16)15(4)5-6(11)13-17/h17H,5H2,1-4H3,(H2,11,13). The molecule has 0 atom stereocenters. The average Bonchev–Trinajstić information content (AvgIpc) is 2.76. The first-order chi connectivity index (χ1) is 8.27. The van der Waals surface area contributed by atoms with Crippen LogP contribution in [0.5, 0.6) is 0 Å². The lowest BCUT2D eigenvalue weighted by molar-refractivity contribution is 0.0815. The lowest BCUT2D eigenvalue weighted by Crippen LogP contribution is -2.36. The molecule has 0 unspecified atom stereocenters. The first-order valence-electron chi connectivity index (χ1n) is 5.32. The lowest BCUT2D eigenvalue weighted by atomic mass is 9.91. The smallest absolute Gasteiger partial charge is 0.267 e. The predicted octanol–water partition coefficient (Wildman–Crippen LogP) is 0.654. The van der Waals surface area contributed by atoms with Gasteiger partial charge in [0.2, 0.25) is 0 Å². The highest BCUT2D eigenvalue weighted by atomic mass is 32.1. The van der Waals surface area contributed by atoms with Crippen LogP contribution < -0.4 is 5.73 Å². The van der Waals surface area contributed by atoms with E-state index < -0.39 is 0 Å². The summed E-state index contributed by atoms with van der Waals surface area (Å²) in [5.41, 5.74) is 5.77.